The Labute approximate surface area is 110 Å². The standard InChI is InChI=1S/C15H24N2O/c1-3-16-10-13-8-9-17(11-13)15-7-5-4-6-14(15)12-18-2/h4-7,13,16H,3,8-12H2,1-2H3. The monoisotopic (exact) mass is 248 g/mol. The fourth-order valence-corrected chi connectivity index (χ4v) is 2.66. The van der Waals surface area contributed by atoms with Crippen molar-refractivity contribution in [2.24, 2.45) is 5.92 Å². The summed E-state index contributed by atoms with van der Waals surface area (Å²) in [6.45, 7) is 7.39. The van der Waals surface area contributed by atoms with Crippen molar-refractivity contribution >= 4 is 5.69 Å². The SMILES string of the molecule is CCNCC1CCN(c2ccccc2COC)C1. The molecule has 100 valence electrons. The average Bonchev–Trinajstić information content (AvgIpc) is 2.86. The molecule has 1 saturated heterocycles. The number of methoxy groups -OCH3 is 1. The van der Waals surface area contributed by atoms with Gasteiger partial charge in [-0.2, -0.15) is 0 Å². The van der Waals surface area contributed by atoms with E-state index in [1.54, 1.807) is 7.11 Å². The van der Waals surface area contributed by atoms with Crippen molar-refractivity contribution in [3.8, 4) is 0 Å². The third-order valence-corrected chi connectivity index (χ3v) is 3.60. The first kappa shape index (κ1) is 13.4. The summed E-state index contributed by atoms with van der Waals surface area (Å²) in [5.74, 6) is 0.778. The summed E-state index contributed by atoms with van der Waals surface area (Å²) in [6.07, 6.45) is 1.29. The number of nitrogens with one attached hydrogen (secondary N) is 1. The summed E-state index contributed by atoms with van der Waals surface area (Å²) >= 11 is 0. The lowest BCUT2D eigenvalue weighted by molar-refractivity contribution is 0.185. The number of para-hydroxylation sites is 1. The number of hydrogen-bond donors (Lipinski definition) is 1. The van der Waals surface area contributed by atoms with Crippen LogP contribution >= 0.6 is 0 Å². The Morgan fingerprint density at radius 3 is 3.00 bits per heavy atom. The van der Waals surface area contributed by atoms with E-state index in [4.69, 9.17) is 4.74 Å². The molecule has 1 aromatic carbocycles. The highest BCUT2D eigenvalue weighted by atomic mass is 16.5. The number of hydrogen-bond acceptors (Lipinski definition) is 3. The second-order valence-electron chi connectivity index (χ2n) is 4.97. The zero-order valence-corrected chi connectivity index (χ0v) is 11.5. The molecule has 0 amide bonds. The lowest BCUT2D eigenvalue weighted by Gasteiger charge is -2.22. The first-order valence-corrected chi connectivity index (χ1v) is 6.87. The molecule has 1 aliphatic heterocycles. The van der Waals surface area contributed by atoms with Gasteiger partial charge < -0.3 is 15.0 Å². The van der Waals surface area contributed by atoms with Crippen molar-refractivity contribution in [2.45, 2.75) is 20.0 Å². The number of anilines is 1. The second kappa shape index (κ2) is 6.76. The van der Waals surface area contributed by atoms with Gasteiger partial charge in [0.05, 0.1) is 6.61 Å². The smallest absolute Gasteiger partial charge is 0.0733 e. The molecular formula is C15H24N2O. The first-order valence-electron chi connectivity index (χ1n) is 6.87. The molecule has 0 aliphatic carbocycles. The molecule has 1 unspecified atom stereocenters. The lowest BCUT2D eigenvalue weighted by atomic mass is 10.1. The van der Waals surface area contributed by atoms with Gasteiger partial charge in [-0.05, 0) is 31.5 Å². The predicted molar refractivity (Wildman–Crippen MR) is 76.0 cm³/mol. The molecule has 1 aliphatic rings. The largest absolute Gasteiger partial charge is 0.380 e. The van der Waals surface area contributed by atoms with Crippen LogP contribution in [0.2, 0.25) is 0 Å². The highest BCUT2D eigenvalue weighted by Gasteiger charge is 2.23. The molecule has 0 radical (unpaired) electrons. The maximum absolute atomic E-state index is 5.28. The molecule has 3 heteroatoms. The van der Waals surface area contributed by atoms with Gasteiger partial charge in [0.25, 0.3) is 0 Å². The van der Waals surface area contributed by atoms with Crippen LogP contribution in [0.1, 0.15) is 18.9 Å². The van der Waals surface area contributed by atoms with Crippen LogP contribution in [0, 0.1) is 5.92 Å². The molecule has 1 fully saturated rings. The third-order valence-electron chi connectivity index (χ3n) is 3.60. The van der Waals surface area contributed by atoms with Crippen molar-refractivity contribution < 1.29 is 4.74 Å². The minimum absolute atomic E-state index is 0.699. The fourth-order valence-electron chi connectivity index (χ4n) is 2.66. The number of ether oxygens (including phenoxy) is 1. The van der Waals surface area contributed by atoms with E-state index in [1.165, 1.54) is 17.7 Å². The maximum Gasteiger partial charge on any atom is 0.0733 e. The van der Waals surface area contributed by atoms with Gasteiger partial charge in [-0.1, -0.05) is 25.1 Å². The van der Waals surface area contributed by atoms with Crippen LogP contribution in [-0.4, -0.2) is 33.3 Å². The Morgan fingerprint density at radius 2 is 2.22 bits per heavy atom. The summed E-state index contributed by atoms with van der Waals surface area (Å²) in [5.41, 5.74) is 2.64. The van der Waals surface area contributed by atoms with Crippen molar-refractivity contribution in [3.05, 3.63) is 29.8 Å². The average molecular weight is 248 g/mol. The normalized spacial score (nSPS) is 19.4. The number of nitrogens with zero attached hydrogens (tertiary/aromatic N) is 1. The minimum Gasteiger partial charge on any atom is -0.380 e. The molecule has 1 N–H and O–H groups in total. The Bertz CT molecular complexity index is 367. The molecule has 1 heterocycles. The Balaban J connectivity index is 2.00. The van der Waals surface area contributed by atoms with E-state index >= 15 is 0 Å². The van der Waals surface area contributed by atoms with Crippen LogP contribution in [0.25, 0.3) is 0 Å². The molecule has 0 aromatic heterocycles. The summed E-state index contributed by atoms with van der Waals surface area (Å²) in [6, 6.07) is 8.58. The van der Waals surface area contributed by atoms with Crippen LogP contribution in [0.5, 0.6) is 0 Å². The molecule has 3 nitrogen and oxygen atoms in total. The van der Waals surface area contributed by atoms with Crippen molar-refractivity contribution in [2.75, 3.05) is 38.2 Å². The van der Waals surface area contributed by atoms with E-state index in [-0.39, 0.29) is 0 Å². The fraction of sp³-hybridized carbons (Fsp3) is 0.600. The number of rotatable bonds is 6. The van der Waals surface area contributed by atoms with E-state index in [0.717, 1.165) is 32.1 Å². The van der Waals surface area contributed by atoms with Crippen molar-refractivity contribution in [3.63, 3.8) is 0 Å². The van der Waals surface area contributed by atoms with Gasteiger partial charge in [0.15, 0.2) is 0 Å². The molecule has 18 heavy (non-hydrogen) atoms. The second-order valence-corrected chi connectivity index (χ2v) is 4.97. The van der Waals surface area contributed by atoms with Crippen LogP contribution < -0.4 is 10.2 Å². The molecule has 2 rings (SSSR count). The highest BCUT2D eigenvalue weighted by Crippen LogP contribution is 2.27. The Morgan fingerprint density at radius 1 is 1.39 bits per heavy atom. The van der Waals surface area contributed by atoms with Crippen molar-refractivity contribution in [1.29, 1.82) is 0 Å². The molecule has 1 atom stereocenters. The van der Waals surface area contributed by atoms with Gasteiger partial charge in [-0.3, -0.25) is 0 Å². The minimum atomic E-state index is 0.699. The summed E-state index contributed by atoms with van der Waals surface area (Å²) in [5, 5.41) is 3.45. The molecule has 0 bridgehead atoms. The zero-order chi connectivity index (χ0) is 12.8. The van der Waals surface area contributed by atoms with Crippen molar-refractivity contribution in [1.82, 2.24) is 5.32 Å². The zero-order valence-electron chi connectivity index (χ0n) is 11.5. The van der Waals surface area contributed by atoms with Gasteiger partial charge in [0, 0.05) is 31.5 Å². The Hall–Kier alpha value is -1.06. The lowest BCUT2D eigenvalue weighted by Crippen LogP contribution is -2.26. The van der Waals surface area contributed by atoms with Gasteiger partial charge in [0.2, 0.25) is 0 Å². The third kappa shape index (κ3) is 3.24. The molecule has 0 spiro atoms. The van der Waals surface area contributed by atoms with Gasteiger partial charge in [-0.25, -0.2) is 0 Å². The molecular weight excluding hydrogens is 224 g/mol. The van der Waals surface area contributed by atoms with E-state index in [9.17, 15) is 0 Å². The van der Waals surface area contributed by atoms with Gasteiger partial charge >= 0.3 is 0 Å². The van der Waals surface area contributed by atoms with Crippen LogP contribution in [0.4, 0.5) is 5.69 Å². The van der Waals surface area contributed by atoms with E-state index in [2.05, 4.69) is 41.4 Å². The van der Waals surface area contributed by atoms with Crippen LogP contribution in [0.3, 0.4) is 0 Å². The summed E-state index contributed by atoms with van der Waals surface area (Å²) in [7, 11) is 1.76. The topological polar surface area (TPSA) is 24.5 Å². The predicted octanol–water partition coefficient (Wildman–Crippen LogP) is 2.27. The first-order chi connectivity index (χ1) is 8.85. The number of benzene rings is 1. The maximum atomic E-state index is 5.28. The Kier molecular flexibility index (Phi) is 5.02. The summed E-state index contributed by atoms with van der Waals surface area (Å²) in [4.78, 5) is 2.50. The quantitative estimate of drug-likeness (QED) is 0.836. The van der Waals surface area contributed by atoms with Crippen LogP contribution in [-0.2, 0) is 11.3 Å². The van der Waals surface area contributed by atoms with Gasteiger partial charge in [0.1, 0.15) is 0 Å². The molecule has 0 saturated carbocycles. The summed E-state index contributed by atoms with van der Waals surface area (Å²) < 4.78 is 5.28. The molecule has 1 aromatic rings. The van der Waals surface area contributed by atoms with E-state index in [1.807, 2.05) is 0 Å². The highest BCUT2D eigenvalue weighted by molar-refractivity contribution is 5.54. The van der Waals surface area contributed by atoms with Gasteiger partial charge in [-0.15, -0.1) is 0 Å². The van der Waals surface area contributed by atoms with E-state index < -0.39 is 0 Å². The van der Waals surface area contributed by atoms with Crippen LogP contribution in [0.15, 0.2) is 24.3 Å². The van der Waals surface area contributed by atoms with E-state index in [0.29, 0.717) is 6.61 Å².